The highest BCUT2D eigenvalue weighted by molar-refractivity contribution is 6.02. The Kier molecular flexibility index (Phi) is 5.45. The van der Waals surface area contributed by atoms with Crippen molar-refractivity contribution in [1.29, 1.82) is 5.41 Å². The van der Waals surface area contributed by atoms with Gasteiger partial charge in [-0.3, -0.25) is 4.79 Å². The Labute approximate surface area is 145 Å². The van der Waals surface area contributed by atoms with Gasteiger partial charge in [0.25, 0.3) is 5.56 Å². The summed E-state index contributed by atoms with van der Waals surface area (Å²) in [6.07, 6.45) is -4.66. The summed E-state index contributed by atoms with van der Waals surface area (Å²) < 4.78 is 52.0. The molecule has 1 unspecified atom stereocenters. The van der Waals surface area contributed by atoms with E-state index < -0.39 is 41.5 Å². The molecule has 0 spiro atoms. The summed E-state index contributed by atoms with van der Waals surface area (Å²) in [4.78, 5) is 18.4. The van der Waals surface area contributed by atoms with Crippen LogP contribution in [-0.2, 0) is 6.18 Å². The van der Waals surface area contributed by atoms with E-state index >= 15 is 0 Å². The highest BCUT2D eigenvalue weighted by Gasteiger charge is 2.31. The number of aromatic amines is 1. The average molecular weight is 372 g/mol. The number of alkyl halides is 3. The first-order chi connectivity index (χ1) is 12.0. The van der Waals surface area contributed by atoms with Gasteiger partial charge in [0.05, 0.1) is 23.9 Å². The van der Waals surface area contributed by atoms with Crippen LogP contribution in [0.5, 0.6) is 0 Å². The average Bonchev–Trinajstić information content (AvgIpc) is 2.52. The van der Waals surface area contributed by atoms with E-state index in [4.69, 9.17) is 10.5 Å². The number of nitrogens with zero attached hydrogens (tertiary/aromatic N) is 1. The predicted octanol–water partition coefficient (Wildman–Crippen LogP) is 2.77. The monoisotopic (exact) mass is 372 g/mol. The molecule has 2 aromatic rings. The van der Waals surface area contributed by atoms with Crippen LogP contribution in [0.1, 0.15) is 35.5 Å². The molecule has 0 aliphatic carbocycles. The van der Waals surface area contributed by atoms with Gasteiger partial charge in [0.15, 0.2) is 0 Å². The summed E-state index contributed by atoms with van der Waals surface area (Å²) in [5.41, 5.74) is -2.48. The number of halogens is 4. The third-order valence-electron chi connectivity index (χ3n) is 3.65. The van der Waals surface area contributed by atoms with Gasteiger partial charge in [0.1, 0.15) is 23.0 Å². The summed E-state index contributed by atoms with van der Waals surface area (Å²) in [6, 6.07) is 1.29. The Hall–Kier alpha value is -2.75. The summed E-state index contributed by atoms with van der Waals surface area (Å²) in [7, 11) is 0. The maximum Gasteiger partial charge on any atom is 0.416 e. The number of hydrogen-bond acceptors (Lipinski definition) is 5. The molecule has 6 nitrogen and oxygen atoms in total. The lowest BCUT2D eigenvalue weighted by Gasteiger charge is -2.19. The first-order valence-corrected chi connectivity index (χ1v) is 7.47. The van der Waals surface area contributed by atoms with E-state index in [0.29, 0.717) is 6.07 Å². The van der Waals surface area contributed by atoms with Gasteiger partial charge in [-0.1, -0.05) is 6.07 Å². The van der Waals surface area contributed by atoms with Crippen molar-refractivity contribution >= 4 is 11.5 Å². The standard InChI is InChI=1S/C16H16F4N4O2/c1-7(10-4-3-9(5-11(10)17)16(18,19)20)22-14-13(12(21)6-25)15(26)24-8(2)23-14/h3-5,7,21,25H,6H2,1-2H3,(H2,22,23,24,26). The van der Waals surface area contributed by atoms with E-state index in [9.17, 15) is 22.4 Å². The van der Waals surface area contributed by atoms with Gasteiger partial charge >= 0.3 is 6.18 Å². The maximum absolute atomic E-state index is 14.1. The van der Waals surface area contributed by atoms with Crippen molar-refractivity contribution in [1.82, 2.24) is 9.97 Å². The van der Waals surface area contributed by atoms with Crippen molar-refractivity contribution in [2.75, 3.05) is 11.9 Å². The topological polar surface area (TPSA) is 102 Å². The second-order valence-corrected chi connectivity index (χ2v) is 5.61. The van der Waals surface area contributed by atoms with E-state index in [2.05, 4.69) is 15.3 Å². The van der Waals surface area contributed by atoms with Crippen LogP contribution in [0.25, 0.3) is 0 Å². The molecule has 140 valence electrons. The van der Waals surface area contributed by atoms with Gasteiger partial charge in [-0.05, 0) is 26.0 Å². The lowest BCUT2D eigenvalue weighted by Crippen LogP contribution is -2.26. The van der Waals surface area contributed by atoms with E-state index in [0.717, 1.165) is 12.1 Å². The minimum Gasteiger partial charge on any atom is -0.390 e. The Morgan fingerprint density at radius 3 is 2.62 bits per heavy atom. The van der Waals surface area contributed by atoms with Gasteiger partial charge in [-0.15, -0.1) is 0 Å². The molecule has 0 saturated heterocycles. The molecule has 0 fully saturated rings. The van der Waals surface area contributed by atoms with Crippen molar-refractivity contribution in [3.63, 3.8) is 0 Å². The molecule has 4 N–H and O–H groups in total. The largest absolute Gasteiger partial charge is 0.416 e. The highest BCUT2D eigenvalue weighted by atomic mass is 19.4. The van der Waals surface area contributed by atoms with Gasteiger partial charge in [-0.2, -0.15) is 13.2 Å². The molecule has 1 aromatic carbocycles. The molecule has 10 heteroatoms. The lowest BCUT2D eigenvalue weighted by atomic mass is 10.0. The number of nitrogens with one attached hydrogen (secondary N) is 3. The van der Waals surface area contributed by atoms with Crippen LogP contribution in [-0.4, -0.2) is 27.4 Å². The molecule has 0 aliphatic rings. The van der Waals surface area contributed by atoms with Crippen molar-refractivity contribution in [2.45, 2.75) is 26.1 Å². The Balaban J connectivity index is 2.41. The van der Waals surface area contributed by atoms with Crippen LogP contribution in [0, 0.1) is 18.2 Å². The van der Waals surface area contributed by atoms with E-state index in [-0.39, 0.29) is 22.8 Å². The zero-order chi connectivity index (χ0) is 19.6. The van der Waals surface area contributed by atoms with Crippen LogP contribution in [0.4, 0.5) is 23.4 Å². The molecule has 1 aromatic heterocycles. The first-order valence-electron chi connectivity index (χ1n) is 7.47. The summed E-state index contributed by atoms with van der Waals surface area (Å²) >= 11 is 0. The van der Waals surface area contributed by atoms with Crippen LogP contribution in [0.3, 0.4) is 0 Å². The normalized spacial score (nSPS) is 12.7. The van der Waals surface area contributed by atoms with E-state index in [1.54, 1.807) is 0 Å². The SMILES string of the molecule is Cc1nc(NC(C)c2ccc(C(F)(F)F)cc2F)c(C(=N)CO)c(=O)[nH]1. The van der Waals surface area contributed by atoms with E-state index in [1.807, 2.05) is 0 Å². The minimum atomic E-state index is -4.66. The zero-order valence-corrected chi connectivity index (χ0v) is 13.8. The third-order valence-corrected chi connectivity index (χ3v) is 3.65. The number of benzene rings is 1. The van der Waals surface area contributed by atoms with Crippen LogP contribution in [0.2, 0.25) is 0 Å². The Morgan fingerprint density at radius 1 is 1.42 bits per heavy atom. The molecular formula is C16H16F4N4O2. The number of aliphatic hydroxyl groups is 1. The third kappa shape index (κ3) is 4.07. The molecule has 0 bridgehead atoms. The quantitative estimate of drug-likeness (QED) is 0.479. The first kappa shape index (κ1) is 19.6. The predicted molar refractivity (Wildman–Crippen MR) is 86.9 cm³/mol. The lowest BCUT2D eigenvalue weighted by molar-refractivity contribution is -0.137. The maximum atomic E-state index is 14.1. The Bertz CT molecular complexity index is 893. The van der Waals surface area contributed by atoms with Crippen LogP contribution < -0.4 is 10.9 Å². The second kappa shape index (κ2) is 7.24. The number of H-pyrrole nitrogens is 1. The molecule has 0 aliphatic heterocycles. The molecule has 1 heterocycles. The fourth-order valence-electron chi connectivity index (χ4n) is 2.39. The fourth-order valence-corrected chi connectivity index (χ4v) is 2.39. The molecular weight excluding hydrogens is 356 g/mol. The molecule has 0 amide bonds. The minimum absolute atomic E-state index is 0.0702. The number of anilines is 1. The number of aryl methyl sites for hydroxylation is 1. The number of aromatic nitrogens is 2. The molecule has 1 atom stereocenters. The van der Waals surface area contributed by atoms with Crippen molar-refractivity contribution in [3.05, 3.63) is 56.9 Å². The number of hydrogen-bond donors (Lipinski definition) is 4. The highest BCUT2D eigenvalue weighted by Crippen LogP contribution is 2.32. The van der Waals surface area contributed by atoms with Gasteiger partial charge in [0, 0.05) is 5.56 Å². The van der Waals surface area contributed by atoms with Crippen LogP contribution in [0.15, 0.2) is 23.0 Å². The fraction of sp³-hybridized carbons (Fsp3) is 0.312. The molecule has 0 radical (unpaired) electrons. The zero-order valence-electron chi connectivity index (χ0n) is 13.8. The number of rotatable bonds is 5. The summed E-state index contributed by atoms with van der Waals surface area (Å²) in [6.45, 7) is 2.24. The van der Waals surface area contributed by atoms with Gasteiger partial charge in [-0.25, -0.2) is 9.37 Å². The van der Waals surface area contributed by atoms with Gasteiger partial charge < -0.3 is 20.8 Å². The Morgan fingerprint density at radius 2 is 2.08 bits per heavy atom. The number of aliphatic hydroxyl groups excluding tert-OH is 1. The van der Waals surface area contributed by atoms with Crippen molar-refractivity contribution in [3.8, 4) is 0 Å². The molecule has 0 saturated carbocycles. The summed E-state index contributed by atoms with van der Waals surface area (Å²) in [5.74, 6) is -0.927. The molecule has 26 heavy (non-hydrogen) atoms. The van der Waals surface area contributed by atoms with E-state index in [1.165, 1.54) is 13.8 Å². The summed E-state index contributed by atoms with van der Waals surface area (Å²) in [5, 5.41) is 19.5. The van der Waals surface area contributed by atoms with Crippen molar-refractivity contribution < 1.29 is 22.7 Å². The van der Waals surface area contributed by atoms with Crippen LogP contribution >= 0.6 is 0 Å². The molecule has 2 rings (SSSR count). The second-order valence-electron chi connectivity index (χ2n) is 5.61. The smallest absolute Gasteiger partial charge is 0.390 e. The van der Waals surface area contributed by atoms with Gasteiger partial charge in [0.2, 0.25) is 0 Å². The van der Waals surface area contributed by atoms with Crippen molar-refractivity contribution in [2.24, 2.45) is 0 Å².